The van der Waals surface area contributed by atoms with E-state index in [0.29, 0.717) is 6.54 Å². The first-order chi connectivity index (χ1) is 9.74. The number of hydrogen-bond acceptors (Lipinski definition) is 4. The van der Waals surface area contributed by atoms with E-state index in [2.05, 4.69) is 34.3 Å². The van der Waals surface area contributed by atoms with Crippen LogP contribution in [0.15, 0.2) is 48.5 Å². The lowest BCUT2D eigenvalue weighted by molar-refractivity contribution is 1.09. The molecule has 0 aliphatic rings. The number of anilines is 2. The van der Waals surface area contributed by atoms with Crippen molar-refractivity contribution in [2.75, 3.05) is 11.1 Å². The Labute approximate surface area is 117 Å². The molecule has 100 valence electrons. The Balaban J connectivity index is 1.93. The first-order valence-electron chi connectivity index (χ1n) is 6.54. The molecule has 3 rings (SSSR count). The lowest BCUT2D eigenvalue weighted by Gasteiger charge is -2.11. The molecule has 0 bridgehead atoms. The van der Waals surface area contributed by atoms with E-state index >= 15 is 0 Å². The zero-order chi connectivity index (χ0) is 13.9. The van der Waals surface area contributed by atoms with Crippen LogP contribution in [0.4, 0.5) is 11.8 Å². The lowest BCUT2D eigenvalue weighted by atomic mass is 10.1. The second-order valence-electron chi connectivity index (χ2n) is 4.73. The standard InChI is InChI=1S/C16H16N4/c1-11-6-2-3-7-12(11)10-18-15-13-8-4-5-9-14(13)19-16(17)20-15/h2-9H,10H2,1H3,(H3,17,18,19,20). The molecule has 1 aromatic heterocycles. The van der Waals surface area contributed by atoms with E-state index in [9.17, 15) is 0 Å². The van der Waals surface area contributed by atoms with E-state index in [4.69, 9.17) is 5.73 Å². The number of aryl methyl sites for hydroxylation is 1. The molecule has 0 spiro atoms. The molecule has 0 aliphatic heterocycles. The van der Waals surface area contributed by atoms with Crippen molar-refractivity contribution in [3.05, 3.63) is 59.7 Å². The first-order valence-corrected chi connectivity index (χ1v) is 6.54. The third-order valence-corrected chi connectivity index (χ3v) is 3.33. The molecule has 3 N–H and O–H groups in total. The Kier molecular flexibility index (Phi) is 3.21. The largest absolute Gasteiger partial charge is 0.368 e. The first kappa shape index (κ1) is 12.4. The van der Waals surface area contributed by atoms with Gasteiger partial charge in [0.2, 0.25) is 5.95 Å². The van der Waals surface area contributed by atoms with Crippen molar-refractivity contribution in [1.29, 1.82) is 0 Å². The fraction of sp³-hybridized carbons (Fsp3) is 0.125. The molecule has 2 aromatic carbocycles. The molecule has 0 fully saturated rings. The van der Waals surface area contributed by atoms with Gasteiger partial charge in [-0.05, 0) is 30.2 Å². The molecule has 0 atom stereocenters. The van der Waals surface area contributed by atoms with E-state index in [-0.39, 0.29) is 5.95 Å². The summed E-state index contributed by atoms with van der Waals surface area (Å²) in [5.41, 5.74) is 9.12. The molecule has 0 aliphatic carbocycles. The highest BCUT2D eigenvalue weighted by Gasteiger charge is 2.05. The SMILES string of the molecule is Cc1ccccc1CNc1nc(N)nc2ccccc12. The zero-order valence-corrected chi connectivity index (χ0v) is 11.3. The maximum absolute atomic E-state index is 5.76. The number of hydrogen-bond donors (Lipinski definition) is 2. The summed E-state index contributed by atoms with van der Waals surface area (Å²) >= 11 is 0. The zero-order valence-electron chi connectivity index (χ0n) is 11.3. The summed E-state index contributed by atoms with van der Waals surface area (Å²) in [6.07, 6.45) is 0. The van der Waals surface area contributed by atoms with Crippen LogP contribution in [-0.4, -0.2) is 9.97 Å². The van der Waals surface area contributed by atoms with Gasteiger partial charge in [0.1, 0.15) is 5.82 Å². The van der Waals surface area contributed by atoms with Gasteiger partial charge in [0, 0.05) is 11.9 Å². The van der Waals surface area contributed by atoms with E-state index in [0.717, 1.165) is 16.7 Å². The molecule has 0 saturated carbocycles. The molecule has 0 unspecified atom stereocenters. The number of benzene rings is 2. The summed E-state index contributed by atoms with van der Waals surface area (Å²) in [5, 5.41) is 4.34. The third-order valence-electron chi connectivity index (χ3n) is 3.33. The smallest absolute Gasteiger partial charge is 0.222 e. The summed E-state index contributed by atoms with van der Waals surface area (Å²) in [6.45, 7) is 2.82. The van der Waals surface area contributed by atoms with Crippen LogP contribution < -0.4 is 11.1 Å². The van der Waals surface area contributed by atoms with Gasteiger partial charge in [-0.25, -0.2) is 4.98 Å². The van der Waals surface area contributed by atoms with Gasteiger partial charge >= 0.3 is 0 Å². The molecule has 0 saturated heterocycles. The van der Waals surface area contributed by atoms with Crippen LogP contribution in [0.3, 0.4) is 0 Å². The van der Waals surface area contributed by atoms with Gasteiger partial charge in [0.05, 0.1) is 5.52 Å². The molecule has 3 aromatic rings. The topological polar surface area (TPSA) is 63.8 Å². The number of para-hydroxylation sites is 1. The van der Waals surface area contributed by atoms with Crippen molar-refractivity contribution in [2.24, 2.45) is 0 Å². The van der Waals surface area contributed by atoms with Gasteiger partial charge in [-0.15, -0.1) is 0 Å². The summed E-state index contributed by atoms with van der Waals surface area (Å²) in [5.74, 6) is 1.06. The molecule has 20 heavy (non-hydrogen) atoms. The van der Waals surface area contributed by atoms with E-state index in [1.54, 1.807) is 0 Å². The number of nitrogen functional groups attached to an aromatic ring is 1. The van der Waals surface area contributed by atoms with Gasteiger partial charge in [0.15, 0.2) is 0 Å². The van der Waals surface area contributed by atoms with Crippen LogP contribution in [-0.2, 0) is 6.54 Å². The second-order valence-corrected chi connectivity index (χ2v) is 4.73. The molecule has 0 amide bonds. The number of aromatic nitrogens is 2. The van der Waals surface area contributed by atoms with Crippen molar-refractivity contribution in [2.45, 2.75) is 13.5 Å². The lowest BCUT2D eigenvalue weighted by Crippen LogP contribution is -2.06. The Morgan fingerprint density at radius 3 is 2.60 bits per heavy atom. The Morgan fingerprint density at radius 2 is 1.75 bits per heavy atom. The highest BCUT2D eigenvalue weighted by atomic mass is 15.1. The molecular weight excluding hydrogens is 248 g/mol. The third kappa shape index (κ3) is 2.40. The quantitative estimate of drug-likeness (QED) is 0.763. The van der Waals surface area contributed by atoms with Crippen molar-refractivity contribution in [3.8, 4) is 0 Å². The van der Waals surface area contributed by atoms with Gasteiger partial charge < -0.3 is 11.1 Å². The number of fused-ring (bicyclic) bond motifs is 1. The van der Waals surface area contributed by atoms with Crippen LogP contribution in [0.25, 0.3) is 10.9 Å². The second kappa shape index (κ2) is 5.17. The molecule has 1 heterocycles. The van der Waals surface area contributed by atoms with E-state index < -0.39 is 0 Å². The van der Waals surface area contributed by atoms with E-state index in [1.807, 2.05) is 36.4 Å². The average Bonchev–Trinajstić information content (AvgIpc) is 2.46. The van der Waals surface area contributed by atoms with Gasteiger partial charge in [-0.1, -0.05) is 36.4 Å². The molecule has 0 radical (unpaired) electrons. The Bertz CT molecular complexity index is 752. The minimum absolute atomic E-state index is 0.288. The maximum Gasteiger partial charge on any atom is 0.222 e. The summed E-state index contributed by atoms with van der Waals surface area (Å²) in [4.78, 5) is 8.54. The number of nitrogens with two attached hydrogens (primary N) is 1. The van der Waals surface area contributed by atoms with Crippen molar-refractivity contribution >= 4 is 22.7 Å². The Hall–Kier alpha value is -2.62. The maximum atomic E-state index is 5.76. The van der Waals surface area contributed by atoms with Gasteiger partial charge in [-0.3, -0.25) is 0 Å². The fourth-order valence-corrected chi connectivity index (χ4v) is 2.22. The summed E-state index contributed by atoms with van der Waals surface area (Å²) in [6, 6.07) is 16.1. The fourth-order valence-electron chi connectivity index (χ4n) is 2.22. The molecule has 4 heteroatoms. The van der Waals surface area contributed by atoms with Crippen LogP contribution in [0, 0.1) is 6.92 Å². The predicted molar refractivity (Wildman–Crippen MR) is 82.5 cm³/mol. The van der Waals surface area contributed by atoms with Crippen LogP contribution in [0.2, 0.25) is 0 Å². The van der Waals surface area contributed by atoms with E-state index in [1.165, 1.54) is 11.1 Å². The molecular formula is C16H16N4. The monoisotopic (exact) mass is 264 g/mol. The van der Waals surface area contributed by atoms with Gasteiger partial charge in [-0.2, -0.15) is 4.98 Å². The van der Waals surface area contributed by atoms with Crippen molar-refractivity contribution in [1.82, 2.24) is 9.97 Å². The minimum atomic E-state index is 0.288. The van der Waals surface area contributed by atoms with Crippen LogP contribution in [0.1, 0.15) is 11.1 Å². The van der Waals surface area contributed by atoms with Crippen LogP contribution >= 0.6 is 0 Å². The normalized spacial score (nSPS) is 10.7. The number of nitrogens with zero attached hydrogens (tertiary/aromatic N) is 2. The highest BCUT2D eigenvalue weighted by Crippen LogP contribution is 2.21. The highest BCUT2D eigenvalue weighted by molar-refractivity contribution is 5.89. The number of nitrogens with one attached hydrogen (secondary N) is 1. The van der Waals surface area contributed by atoms with Crippen molar-refractivity contribution < 1.29 is 0 Å². The minimum Gasteiger partial charge on any atom is -0.368 e. The summed E-state index contributed by atoms with van der Waals surface area (Å²) in [7, 11) is 0. The van der Waals surface area contributed by atoms with Crippen molar-refractivity contribution in [3.63, 3.8) is 0 Å². The molecule has 4 nitrogen and oxygen atoms in total. The summed E-state index contributed by atoms with van der Waals surface area (Å²) < 4.78 is 0. The Morgan fingerprint density at radius 1 is 1.00 bits per heavy atom. The predicted octanol–water partition coefficient (Wildman–Crippen LogP) is 3.13. The number of rotatable bonds is 3. The van der Waals surface area contributed by atoms with Crippen LogP contribution in [0.5, 0.6) is 0 Å². The van der Waals surface area contributed by atoms with Gasteiger partial charge in [0.25, 0.3) is 0 Å². The average molecular weight is 264 g/mol.